The molecule has 0 saturated carbocycles. The molecule has 1 aliphatic heterocycles. The lowest BCUT2D eigenvalue weighted by Crippen LogP contribution is -1.98. The molecule has 0 bridgehead atoms. The molecule has 0 aromatic carbocycles. The summed E-state index contributed by atoms with van der Waals surface area (Å²) >= 11 is 24.1. The van der Waals surface area contributed by atoms with Crippen LogP contribution in [0, 0.1) is 0 Å². The monoisotopic (exact) mass is 347 g/mol. The van der Waals surface area contributed by atoms with Gasteiger partial charge in [0.05, 0.1) is 7.21 Å². The first-order valence-electron chi connectivity index (χ1n) is 4.31. The minimum absolute atomic E-state index is 0.256. The largest absolute Gasteiger partial charge is 0.255 e. The Morgan fingerprint density at radius 2 is 1.40 bits per heavy atom. The van der Waals surface area contributed by atoms with Crippen LogP contribution in [0.15, 0.2) is 13.5 Å². The fourth-order valence-electron chi connectivity index (χ4n) is 1.25. The van der Waals surface area contributed by atoms with Crippen molar-refractivity contribution in [3.05, 3.63) is 0 Å². The summed E-state index contributed by atoms with van der Waals surface area (Å²) in [4.78, 5) is 0. The fourth-order valence-corrected chi connectivity index (χ4v) is 19.0. The molecule has 0 aromatic rings. The minimum atomic E-state index is -2.71. The smallest absolute Gasteiger partial charge is 0.213 e. The van der Waals surface area contributed by atoms with Crippen molar-refractivity contribution in [1.82, 2.24) is 0 Å². The molecule has 0 radical (unpaired) electrons. The molecule has 1 heterocycles. The van der Waals surface area contributed by atoms with Crippen molar-refractivity contribution >= 4 is 64.0 Å². The van der Waals surface area contributed by atoms with E-state index >= 15 is 0 Å². The lowest BCUT2D eigenvalue weighted by atomic mass is 10.6. The van der Waals surface area contributed by atoms with Gasteiger partial charge in [-0.2, -0.15) is 4.52 Å². The zero-order valence-corrected chi connectivity index (χ0v) is 14.2. The predicted molar refractivity (Wildman–Crippen MR) is 77.1 cm³/mol. The van der Waals surface area contributed by atoms with E-state index in [1.165, 1.54) is 0 Å². The number of nitrogens with zero attached hydrogens (tertiary/aromatic N) is 3. The third-order valence-electron chi connectivity index (χ3n) is 2.03. The van der Waals surface area contributed by atoms with Crippen LogP contribution >= 0.6 is 64.0 Å². The van der Waals surface area contributed by atoms with Crippen molar-refractivity contribution in [2.45, 2.75) is 26.4 Å². The second kappa shape index (κ2) is 4.85. The van der Waals surface area contributed by atoms with Gasteiger partial charge in [-0.05, 0) is 51.1 Å². The number of rotatable bonds is 2. The third-order valence-corrected chi connectivity index (χ3v) is 15.4. The maximum absolute atomic E-state index is 6.03. The van der Waals surface area contributed by atoms with Crippen LogP contribution < -0.4 is 0 Å². The van der Waals surface area contributed by atoms with Gasteiger partial charge in [0, 0.05) is 5.66 Å². The SMILES string of the molecule is CCP1(C(C)C)=NP(Cl)(Cl)=NP(Cl)(Cl)=N1. The summed E-state index contributed by atoms with van der Waals surface area (Å²) in [5.41, 5.74) is 0.256. The Balaban J connectivity index is 3.54. The van der Waals surface area contributed by atoms with Crippen LogP contribution in [0.2, 0.25) is 0 Å². The first-order chi connectivity index (χ1) is 6.63. The summed E-state index contributed by atoms with van der Waals surface area (Å²) in [6.07, 6.45) is 0.780. The Labute approximate surface area is 110 Å². The normalized spacial score (nSPS) is 32.8. The summed E-state index contributed by atoms with van der Waals surface area (Å²) in [5, 5.41) is 0. The number of halogens is 4. The van der Waals surface area contributed by atoms with Crippen molar-refractivity contribution in [2.75, 3.05) is 6.16 Å². The first-order valence-corrected chi connectivity index (χ1v) is 13.3. The van der Waals surface area contributed by atoms with Crippen LogP contribution in [-0.4, -0.2) is 11.8 Å². The van der Waals surface area contributed by atoms with Crippen molar-refractivity contribution < 1.29 is 0 Å². The molecule has 0 aromatic heterocycles. The molecule has 0 aliphatic carbocycles. The van der Waals surface area contributed by atoms with Gasteiger partial charge in [-0.25, -0.2) is 9.03 Å². The van der Waals surface area contributed by atoms with Crippen LogP contribution in [0.4, 0.5) is 0 Å². The van der Waals surface area contributed by atoms with Crippen LogP contribution in [-0.2, 0) is 0 Å². The highest BCUT2D eigenvalue weighted by atomic mass is 35.9. The highest BCUT2D eigenvalue weighted by Crippen LogP contribution is 2.85. The fraction of sp³-hybridized carbons (Fsp3) is 1.00. The molecular formula is C5H12Cl4N3P3. The van der Waals surface area contributed by atoms with Crippen molar-refractivity contribution in [3.63, 3.8) is 0 Å². The number of hydrogen-bond donors (Lipinski definition) is 0. The molecule has 0 spiro atoms. The van der Waals surface area contributed by atoms with Gasteiger partial charge >= 0.3 is 0 Å². The van der Waals surface area contributed by atoms with Gasteiger partial charge < -0.3 is 0 Å². The van der Waals surface area contributed by atoms with Gasteiger partial charge in [0.15, 0.2) is 0 Å². The second-order valence-corrected chi connectivity index (χ2v) is 17.3. The van der Waals surface area contributed by atoms with E-state index in [1.807, 2.05) is 20.8 Å². The van der Waals surface area contributed by atoms with E-state index in [9.17, 15) is 0 Å². The van der Waals surface area contributed by atoms with Gasteiger partial charge in [0.25, 0.3) is 11.8 Å². The van der Waals surface area contributed by atoms with Crippen LogP contribution in [0.1, 0.15) is 20.8 Å². The molecule has 0 amide bonds. The molecule has 15 heavy (non-hydrogen) atoms. The molecule has 3 nitrogen and oxygen atoms in total. The molecule has 0 N–H and O–H groups in total. The Morgan fingerprint density at radius 1 is 0.933 bits per heavy atom. The van der Waals surface area contributed by atoms with E-state index in [2.05, 4.69) is 13.5 Å². The zero-order chi connectivity index (χ0) is 11.9. The van der Waals surface area contributed by atoms with Crippen LogP contribution in [0.3, 0.4) is 0 Å². The molecule has 0 fully saturated rings. The lowest BCUT2D eigenvalue weighted by Gasteiger charge is -2.28. The Morgan fingerprint density at radius 3 is 1.73 bits per heavy atom. The minimum Gasteiger partial charge on any atom is -0.213 e. The van der Waals surface area contributed by atoms with E-state index in [0.29, 0.717) is 0 Å². The Bertz CT molecular complexity index is 410. The number of hydrogen-bond acceptors (Lipinski definition) is 3. The highest BCUT2D eigenvalue weighted by Gasteiger charge is 2.33. The summed E-state index contributed by atoms with van der Waals surface area (Å²) in [7, 11) is -1.96. The van der Waals surface area contributed by atoms with Gasteiger partial charge in [-0.1, -0.05) is 20.8 Å². The van der Waals surface area contributed by atoms with E-state index in [4.69, 9.17) is 45.0 Å². The third kappa shape index (κ3) is 3.65. The molecule has 0 saturated heterocycles. The van der Waals surface area contributed by atoms with Crippen molar-refractivity contribution in [2.24, 2.45) is 13.5 Å². The Kier molecular flexibility index (Phi) is 4.82. The molecule has 10 heteroatoms. The molecule has 90 valence electrons. The van der Waals surface area contributed by atoms with Crippen molar-refractivity contribution in [3.8, 4) is 0 Å². The maximum Gasteiger partial charge on any atom is 0.255 e. The molecule has 1 unspecified atom stereocenters. The zero-order valence-electron chi connectivity index (χ0n) is 8.48. The van der Waals surface area contributed by atoms with Crippen molar-refractivity contribution in [1.29, 1.82) is 0 Å². The highest BCUT2D eigenvalue weighted by molar-refractivity contribution is 8.21. The average Bonchev–Trinajstić information content (AvgIpc) is 1.97. The second-order valence-electron chi connectivity index (χ2n) is 3.38. The summed E-state index contributed by atoms with van der Waals surface area (Å²) in [6, 6.07) is 0. The van der Waals surface area contributed by atoms with E-state index in [1.54, 1.807) is 0 Å². The molecule has 1 rings (SSSR count). The van der Waals surface area contributed by atoms with Gasteiger partial charge in [-0.15, -0.1) is 0 Å². The van der Waals surface area contributed by atoms with Gasteiger partial charge in [-0.3, -0.25) is 0 Å². The maximum atomic E-state index is 6.03. The molecule has 1 aliphatic rings. The molecular weight excluding hydrogens is 337 g/mol. The quantitative estimate of drug-likeness (QED) is 0.466. The van der Waals surface area contributed by atoms with E-state index < -0.39 is 19.0 Å². The summed E-state index contributed by atoms with van der Waals surface area (Å²) in [5.74, 6) is -5.43. The Hall–Kier alpha value is 1.85. The van der Waals surface area contributed by atoms with E-state index in [-0.39, 0.29) is 5.66 Å². The molecule has 1 atom stereocenters. The van der Waals surface area contributed by atoms with Gasteiger partial charge in [0.1, 0.15) is 0 Å². The van der Waals surface area contributed by atoms with Gasteiger partial charge in [0.2, 0.25) is 0 Å². The first kappa shape index (κ1) is 14.9. The topological polar surface area (TPSA) is 37.1 Å². The van der Waals surface area contributed by atoms with E-state index in [0.717, 1.165) is 6.16 Å². The standard InChI is InChI=1S/C5H12Cl4N3P3/c1-4-13(5(2)3)10-14(6,7)12-15(8,9)11-13/h5H,4H2,1-3H3. The lowest BCUT2D eigenvalue weighted by molar-refractivity contribution is 1.06. The van der Waals surface area contributed by atoms with Crippen LogP contribution in [0.25, 0.3) is 0 Å². The van der Waals surface area contributed by atoms with Crippen LogP contribution in [0.5, 0.6) is 0 Å². The summed E-state index contributed by atoms with van der Waals surface area (Å²) < 4.78 is 12.8. The predicted octanol–water partition coefficient (Wildman–Crippen LogP) is 7.39. The average molecular weight is 349 g/mol. The summed E-state index contributed by atoms with van der Waals surface area (Å²) in [6.45, 7) is 6.09.